The largest absolute Gasteiger partial charge is 0.504 e. The van der Waals surface area contributed by atoms with E-state index in [0.717, 1.165) is 5.56 Å². The molecule has 0 spiro atoms. The van der Waals surface area contributed by atoms with E-state index in [4.69, 9.17) is 4.42 Å². The van der Waals surface area contributed by atoms with Gasteiger partial charge in [0, 0.05) is 23.4 Å². The third-order valence-electron chi connectivity index (χ3n) is 5.27. The molecule has 0 fully saturated rings. The highest BCUT2D eigenvalue weighted by Gasteiger charge is 2.19. The number of carbonyl (C=O) groups is 2. The van der Waals surface area contributed by atoms with E-state index >= 15 is 0 Å². The quantitative estimate of drug-likeness (QED) is 0.207. The van der Waals surface area contributed by atoms with E-state index < -0.39 is 17.9 Å². The Labute approximate surface area is 194 Å². The van der Waals surface area contributed by atoms with Crippen molar-refractivity contribution in [3.63, 3.8) is 0 Å². The molecule has 34 heavy (non-hydrogen) atoms. The molecule has 1 amide bonds. The molecule has 5 N–H and O–H groups in total. The maximum atomic E-state index is 12.4. The van der Waals surface area contributed by atoms with E-state index in [-0.39, 0.29) is 29.3 Å². The summed E-state index contributed by atoms with van der Waals surface area (Å²) in [6.45, 7) is 0. The highest BCUT2D eigenvalue weighted by Crippen LogP contribution is 2.37. The standard InChI is InChI=1S/C26H21NO7/c28-20-9-7-17(13-22(20)30)23-14-18-16(6-10-21(29)25(18)34-23)8-11-24(31)27-19(26(32)33)12-15-4-2-1-3-5-15/h1-11,13-14,19,28-30H,12H2,(H,27,31)(H,32,33)/t19-/m0/s1. The van der Waals surface area contributed by atoms with Crippen LogP contribution in [0.5, 0.6) is 17.2 Å². The summed E-state index contributed by atoms with van der Waals surface area (Å²) in [6.07, 6.45) is 2.85. The van der Waals surface area contributed by atoms with E-state index in [1.807, 2.05) is 6.07 Å². The second-order valence-corrected chi connectivity index (χ2v) is 7.65. The van der Waals surface area contributed by atoms with E-state index in [1.165, 1.54) is 30.4 Å². The van der Waals surface area contributed by atoms with Crippen LogP contribution in [0.3, 0.4) is 0 Å². The molecule has 1 atom stereocenters. The zero-order chi connectivity index (χ0) is 24.2. The predicted octanol–water partition coefficient (Wildman–Crippen LogP) is 4.04. The summed E-state index contributed by atoms with van der Waals surface area (Å²) in [4.78, 5) is 24.0. The van der Waals surface area contributed by atoms with Gasteiger partial charge in [-0.2, -0.15) is 0 Å². The topological polar surface area (TPSA) is 140 Å². The van der Waals surface area contributed by atoms with Crippen molar-refractivity contribution in [1.29, 1.82) is 0 Å². The monoisotopic (exact) mass is 459 g/mol. The Balaban J connectivity index is 1.57. The second kappa shape index (κ2) is 9.41. The van der Waals surface area contributed by atoms with Crippen LogP contribution in [0.2, 0.25) is 0 Å². The zero-order valence-corrected chi connectivity index (χ0v) is 17.8. The summed E-state index contributed by atoms with van der Waals surface area (Å²) in [7, 11) is 0. The zero-order valence-electron chi connectivity index (χ0n) is 17.8. The summed E-state index contributed by atoms with van der Waals surface area (Å²) in [6, 6.07) is 16.7. The number of carboxylic acids is 1. The number of carboxylic acid groups (broad SMARTS) is 1. The van der Waals surface area contributed by atoms with Gasteiger partial charge in [-0.3, -0.25) is 4.79 Å². The molecular formula is C26H21NO7. The van der Waals surface area contributed by atoms with Gasteiger partial charge >= 0.3 is 5.97 Å². The molecule has 172 valence electrons. The van der Waals surface area contributed by atoms with Crippen molar-refractivity contribution < 1.29 is 34.4 Å². The third kappa shape index (κ3) is 4.86. The molecular weight excluding hydrogens is 438 g/mol. The molecule has 0 aliphatic heterocycles. The van der Waals surface area contributed by atoms with Gasteiger partial charge < -0.3 is 30.2 Å². The van der Waals surface area contributed by atoms with E-state index in [1.54, 1.807) is 42.5 Å². The lowest BCUT2D eigenvalue weighted by Crippen LogP contribution is -2.41. The SMILES string of the molecule is O=C(C=Cc1ccc(O)c2oc(-c3ccc(O)c(O)c3)cc12)N[C@@H](Cc1ccccc1)C(=O)O. The van der Waals surface area contributed by atoms with Crippen LogP contribution in [0, 0.1) is 0 Å². The van der Waals surface area contributed by atoms with Crippen LogP contribution in [-0.2, 0) is 16.0 Å². The van der Waals surface area contributed by atoms with Crippen LogP contribution in [0.1, 0.15) is 11.1 Å². The lowest BCUT2D eigenvalue weighted by Gasteiger charge is -2.13. The van der Waals surface area contributed by atoms with E-state index in [9.17, 15) is 30.0 Å². The molecule has 0 aliphatic rings. The predicted molar refractivity (Wildman–Crippen MR) is 125 cm³/mol. The number of hydrogen-bond donors (Lipinski definition) is 5. The molecule has 0 saturated carbocycles. The Morgan fingerprint density at radius 2 is 1.65 bits per heavy atom. The number of fused-ring (bicyclic) bond motifs is 1. The maximum absolute atomic E-state index is 12.4. The molecule has 8 heteroatoms. The number of benzene rings is 3. The van der Waals surface area contributed by atoms with Gasteiger partial charge in [0.05, 0.1) is 0 Å². The maximum Gasteiger partial charge on any atom is 0.326 e. The normalized spacial score (nSPS) is 12.1. The van der Waals surface area contributed by atoms with Gasteiger partial charge in [0.15, 0.2) is 22.8 Å². The second-order valence-electron chi connectivity index (χ2n) is 7.65. The smallest absolute Gasteiger partial charge is 0.326 e. The Bertz CT molecular complexity index is 1390. The van der Waals surface area contributed by atoms with Crippen LogP contribution >= 0.6 is 0 Å². The first kappa shape index (κ1) is 22.5. The Morgan fingerprint density at radius 3 is 2.35 bits per heavy atom. The van der Waals surface area contributed by atoms with Crippen LogP contribution in [-0.4, -0.2) is 38.3 Å². The minimum Gasteiger partial charge on any atom is -0.504 e. The van der Waals surface area contributed by atoms with Crippen molar-refractivity contribution >= 4 is 28.9 Å². The van der Waals surface area contributed by atoms with Crippen LogP contribution in [0.15, 0.2) is 77.2 Å². The fourth-order valence-corrected chi connectivity index (χ4v) is 3.53. The molecule has 0 aliphatic carbocycles. The van der Waals surface area contributed by atoms with E-state index in [2.05, 4.69) is 5.32 Å². The summed E-state index contributed by atoms with van der Waals surface area (Å²) < 4.78 is 5.73. The summed E-state index contributed by atoms with van der Waals surface area (Å²) in [5, 5.41) is 41.9. The molecule has 4 rings (SSSR count). The van der Waals surface area contributed by atoms with Crippen molar-refractivity contribution in [3.8, 4) is 28.6 Å². The molecule has 0 radical (unpaired) electrons. The summed E-state index contributed by atoms with van der Waals surface area (Å²) in [5.41, 5.74) is 1.99. The minimum atomic E-state index is -1.14. The molecule has 1 aromatic heterocycles. The fourth-order valence-electron chi connectivity index (χ4n) is 3.53. The molecule has 1 heterocycles. The van der Waals surface area contributed by atoms with Crippen molar-refractivity contribution in [2.45, 2.75) is 12.5 Å². The number of hydrogen-bond acceptors (Lipinski definition) is 6. The van der Waals surface area contributed by atoms with E-state index in [0.29, 0.717) is 22.3 Å². The molecule has 4 aromatic rings. The average molecular weight is 459 g/mol. The summed E-state index contributed by atoms with van der Waals surface area (Å²) in [5.74, 6) is -2.10. The van der Waals surface area contributed by atoms with Gasteiger partial charge in [0.1, 0.15) is 11.8 Å². The van der Waals surface area contributed by atoms with Gasteiger partial charge in [-0.05, 0) is 47.5 Å². The number of phenols is 3. The Kier molecular flexibility index (Phi) is 6.22. The lowest BCUT2D eigenvalue weighted by atomic mass is 10.1. The number of furan rings is 1. The summed E-state index contributed by atoms with van der Waals surface area (Å²) >= 11 is 0. The van der Waals surface area contributed by atoms with Gasteiger partial charge in [-0.1, -0.05) is 36.4 Å². The number of aromatic hydroxyl groups is 3. The van der Waals surface area contributed by atoms with Crippen molar-refractivity contribution in [2.75, 3.05) is 0 Å². The first-order valence-electron chi connectivity index (χ1n) is 10.3. The van der Waals surface area contributed by atoms with Crippen LogP contribution in [0.25, 0.3) is 28.4 Å². The number of aliphatic carboxylic acids is 1. The number of rotatable bonds is 7. The molecule has 0 bridgehead atoms. The molecule has 0 saturated heterocycles. The Hall–Kier alpha value is -4.72. The molecule has 8 nitrogen and oxygen atoms in total. The highest BCUT2D eigenvalue weighted by atomic mass is 16.4. The van der Waals surface area contributed by atoms with Crippen molar-refractivity contribution in [1.82, 2.24) is 5.32 Å². The van der Waals surface area contributed by atoms with Gasteiger partial charge in [-0.15, -0.1) is 0 Å². The van der Waals surface area contributed by atoms with Crippen molar-refractivity contribution in [2.24, 2.45) is 0 Å². The van der Waals surface area contributed by atoms with Crippen LogP contribution < -0.4 is 5.32 Å². The van der Waals surface area contributed by atoms with Crippen molar-refractivity contribution in [3.05, 3.63) is 83.9 Å². The third-order valence-corrected chi connectivity index (χ3v) is 5.27. The highest BCUT2D eigenvalue weighted by molar-refractivity contribution is 5.99. The Morgan fingerprint density at radius 1 is 0.912 bits per heavy atom. The number of phenolic OH excluding ortho intramolecular Hbond substituents is 3. The van der Waals surface area contributed by atoms with Gasteiger partial charge in [0.2, 0.25) is 5.91 Å². The lowest BCUT2D eigenvalue weighted by molar-refractivity contribution is -0.141. The average Bonchev–Trinajstić information content (AvgIpc) is 3.27. The first-order valence-corrected chi connectivity index (χ1v) is 10.3. The van der Waals surface area contributed by atoms with Crippen LogP contribution in [0.4, 0.5) is 0 Å². The number of nitrogens with one attached hydrogen (secondary N) is 1. The number of amides is 1. The molecule has 0 unspecified atom stereocenters. The first-order chi connectivity index (χ1) is 16.3. The number of carbonyl (C=O) groups excluding carboxylic acids is 1. The van der Waals surface area contributed by atoms with Gasteiger partial charge in [0.25, 0.3) is 0 Å². The fraction of sp³-hybridized carbons (Fsp3) is 0.0769. The molecule has 3 aromatic carbocycles. The minimum absolute atomic E-state index is 0.111. The van der Waals surface area contributed by atoms with Gasteiger partial charge in [-0.25, -0.2) is 4.79 Å².